The molecule has 3 aromatic rings. The molecule has 0 bridgehead atoms. The third-order valence-corrected chi connectivity index (χ3v) is 4.17. The Hall–Kier alpha value is -3.42. The first-order chi connectivity index (χ1) is 13.7. The monoisotopic (exact) mass is 381 g/mol. The van der Waals surface area contributed by atoms with E-state index in [1.807, 2.05) is 55.5 Å². The van der Waals surface area contributed by atoms with E-state index in [1.54, 1.807) is 11.8 Å². The van der Waals surface area contributed by atoms with Crippen LogP contribution < -0.4 is 14.8 Å². The molecule has 28 heavy (non-hydrogen) atoms. The maximum absolute atomic E-state index is 12.2. The van der Waals surface area contributed by atoms with Gasteiger partial charge >= 0.3 is 0 Å². The number of rotatable bonds is 9. The molecule has 3 rings (SSSR count). The third kappa shape index (κ3) is 5.06. The van der Waals surface area contributed by atoms with Gasteiger partial charge in [-0.3, -0.25) is 4.79 Å². The predicted molar refractivity (Wildman–Crippen MR) is 103 cm³/mol. The van der Waals surface area contributed by atoms with Crippen LogP contribution in [-0.2, 0) is 17.8 Å². The quantitative estimate of drug-likeness (QED) is 0.612. The van der Waals surface area contributed by atoms with E-state index in [-0.39, 0.29) is 12.5 Å². The fourth-order valence-corrected chi connectivity index (χ4v) is 2.68. The van der Waals surface area contributed by atoms with E-state index in [0.717, 1.165) is 22.7 Å². The van der Waals surface area contributed by atoms with Gasteiger partial charge in [0.2, 0.25) is 5.91 Å². The molecule has 8 heteroatoms. The number of hydrogen-bond donors (Lipinski definition) is 1. The molecule has 1 N–H and O–H groups in total. The van der Waals surface area contributed by atoms with Crippen molar-refractivity contribution in [3.63, 3.8) is 0 Å². The Morgan fingerprint density at radius 1 is 1.07 bits per heavy atom. The molecule has 0 aliphatic carbocycles. The topological polar surface area (TPSA) is 91.2 Å². The molecular weight excluding hydrogens is 358 g/mol. The van der Waals surface area contributed by atoms with Crippen molar-refractivity contribution < 1.29 is 14.3 Å². The van der Waals surface area contributed by atoms with E-state index in [4.69, 9.17) is 9.47 Å². The molecule has 0 fully saturated rings. The minimum atomic E-state index is -0.0583. The van der Waals surface area contributed by atoms with Gasteiger partial charge in [-0.25, -0.2) is 0 Å². The fraction of sp³-hybridized carbons (Fsp3) is 0.300. The number of benzene rings is 2. The number of methoxy groups -OCH3 is 1. The van der Waals surface area contributed by atoms with Crippen LogP contribution in [0.4, 0.5) is 0 Å². The van der Waals surface area contributed by atoms with Crippen LogP contribution in [0.3, 0.4) is 0 Å². The number of nitrogens with one attached hydrogen (secondary N) is 1. The van der Waals surface area contributed by atoms with E-state index in [9.17, 15) is 4.79 Å². The summed E-state index contributed by atoms with van der Waals surface area (Å²) in [5, 5.41) is 14.6. The van der Waals surface area contributed by atoms with Crippen molar-refractivity contribution in [3.8, 4) is 17.2 Å². The van der Waals surface area contributed by atoms with Crippen LogP contribution in [0, 0.1) is 0 Å². The Labute approximate surface area is 163 Å². The first-order valence-corrected chi connectivity index (χ1v) is 9.09. The van der Waals surface area contributed by atoms with Gasteiger partial charge in [0.25, 0.3) is 0 Å². The highest BCUT2D eigenvalue weighted by Gasteiger charge is 2.10. The number of aromatic nitrogens is 4. The van der Waals surface area contributed by atoms with Crippen molar-refractivity contribution in [2.24, 2.45) is 0 Å². The number of hydrogen-bond acceptors (Lipinski definition) is 6. The Balaban J connectivity index is 1.53. The summed E-state index contributed by atoms with van der Waals surface area (Å²) in [5.74, 6) is 2.08. The van der Waals surface area contributed by atoms with E-state index in [0.29, 0.717) is 25.3 Å². The second-order valence-electron chi connectivity index (χ2n) is 6.06. The van der Waals surface area contributed by atoms with Gasteiger partial charge in [-0.2, -0.15) is 4.68 Å². The van der Waals surface area contributed by atoms with E-state index in [1.165, 1.54) is 0 Å². The normalized spacial score (nSPS) is 10.5. The maximum Gasteiger partial charge on any atom is 0.220 e. The van der Waals surface area contributed by atoms with Gasteiger partial charge in [-0.05, 0) is 65.7 Å². The minimum absolute atomic E-state index is 0.0583. The molecule has 0 atom stereocenters. The molecule has 0 saturated heterocycles. The van der Waals surface area contributed by atoms with Gasteiger partial charge in [0, 0.05) is 6.42 Å². The maximum atomic E-state index is 12.2. The molecule has 0 saturated carbocycles. The lowest BCUT2D eigenvalue weighted by Crippen LogP contribution is -2.25. The summed E-state index contributed by atoms with van der Waals surface area (Å²) in [6.07, 6.45) is 1.04. The lowest BCUT2D eigenvalue weighted by atomic mass is 10.1. The summed E-state index contributed by atoms with van der Waals surface area (Å²) in [4.78, 5) is 12.2. The number of ether oxygens (including phenoxy) is 2. The van der Waals surface area contributed by atoms with Crippen molar-refractivity contribution in [3.05, 3.63) is 59.9 Å². The lowest BCUT2D eigenvalue weighted by molar-refractivity contribution is -0.121. The van der Waals surface area contributed by atoms with Gasteiger partial charge in [0.1, 0.15) is 11.5 Å². The second kappa shape index (κ2) is 9.50. The predicted octanol–water partition coefficient (Wildman–Crippen LogP) is 2.32. The molecular formula is C20H23N5O3. The highest BCUT2D eigenvalue weighted by Crippen LogP contribution is 2.15. The van der Waals surface area contributed by atoms with Crippen LogP contribution in [0.2, 0.25) is 0 Å². The average molecular weight is 381 g/mol. The molecule has 0 spiro atoms. The molecule has 1 amide bonds. The molecule has 0 aliphatic rings. The average Bonchev–Trinajstić information content (AvgIpc) is 3.20. The van der Waals surface area contributed by atoms with Gasteiger partial charge in [0.05, 0.1) is 25.9 Å². The third-order valence-electron chi connectivity index (χ3n) is 4.17. The number of tetrazole rings is 1. The van der Waals surface area contributed by atoms with Gasteiger partial charge in [-0.15, -0.1) is 5.10 Å². The lowest BCUT2D eigenvalue weighted by Gasteiger charge is -2.08. The zero-order valence-corrected chi connectivity index (χ0v) is 16.0. The standard InChI is InChI=1S/C20H23N5O3/c1-3-28-18-11-7-16(8-12-18)25-19(22-23-24-25)14-21-20(26)13-6-15-4-9-17(27-2)10-5-15/h4-5,7-12H,3,6,13-14H2,1-2H3,(H,21,26). The largest absolute Gasteiger partial charge is 0.497 e. The zero-order chi connectivity index (χ0) is 19.8. The summed E-state index contributed by atoms with van der Waals surface area (Å²) >= 11 is 0. The first kappa shape index (κ1) is 19.3. The minimum Gasteiger partial charge on any atom is -0.497 e. The van der Waals surface area contributed by atoms with Crippen molar-refractivity contribution in [1.82, 2.24) is 25.5 Å². The second-order valence-corrected chi connectivity index (χ2v) is 6.06. The first-order valence-electron chi connectivity index (χ1n) is 9.09. The van der Waals surface area contributed by atoms with E-state index in [2.05, 4.69) is 20.8 Å². The van der Waals surface area contributed by atoms with Crippen LogP contribution >= 0.6 is 0 Å². The van der Waals surface area contributed by atoms with Crippen LogP contribution in [0.15, 0.2) is 48.5 Å². The van der Waals surface area contributed by atoms with E-state index >= 15 is 0 Å². The fourth-order valence-electron chi connectivity index (χ4n) is 2.68. The van der Waals surface area contributed by atoms with Crippen LogP contribution in [0.25, 0.3) is 5.69 Å². The zero-order valence-electron chi connectivity index (χ0n) is 16.0. The van der Waals surface area contributed by atoms with Crippen molar-refractivity contribution in [1.29, 1.82) is 0 Å². The van der Waals surface area contributed by atoms with Crippen molar-refractivity contribution in [2.45, 2.75) is 26.3 Å². The Kier molecular flexibility index (Phi) is 6.56. The number of amides is 1. The molecule has 146 valence electrons. The molecule has 1 heterocycles. The highest BCUT2D eigenvalue weighted by atomic mass is 16.5. The van der Waals surface area contributed by atoms with Gasteiger partial charge in [-0.1, -0.05) is 12.1 Å². The Morgan fingerprint density at radius 3 is 2.46 bits per heavy atom. The van der Waals surface area contributed by atoms with Gasteiger partial charge < -0.3 is 14.8 Å². The smallest absolute Gasteiger partial charge is 0.220 e. The summed E-state index contributed by atoms with van der Waals surface area (Å²) in [5.41, 5.74) is 1.88. The summed E-state index contributed by atoms with van der Waals surface area (Å²) in [6.45, 7) is 2.80. The number of carbonyl (C=O) groups is 1. The van der Waals surface area contributed by atoms with Crippen molar-refractivity contribution in [2.75, 3.05) is 13.7 Å². The van der Waals surface area contributed by atoms with Crippen molar-refractivity contribution >= 4 is 5.91 Å². The van der Waals surface area contributed by atoms with Gasteiger partial charge in [0.15, 0.2) is 5.82 Å². The van der Waals surface area contributed by atoms with Crippen LogP contribution in [0.5, 0.6) is 11.5 Å². The molecule has 8 nitrogen and oxygen atoms in total. The summed E-state index contributed by atoms with van der Waals surface area (Å²) in [7, 11) is 1.63. The highest BCUT2D eigenvalue weighted by molar-refractivity contribution is 5.76. The SMILES string of the molecule is CCOc1ccc(-n2nnnc2CNC(=O)CCc2ccc(OC)cc2)cc1. The molecule has 0 radical (unpaired) electrons. The van der Waals surface area contributed by atoms with Crippen LogP contribution in [-0.4, -0.2) is 39.8 Å². The molecule has 2 aromatic carbocycles. The van der Waals surface area contributed by atoms with E-state index < -0.39 is 0 Å². The van der Waals surface area contributed by atoms with Crippen LogP contribution in [0.1, 0.15) is 24.7 Å². The number of nitrogens with zero attached hydrogens (tertiary/aromatic N) is 4. The number of aryl methyl sites for hydroxylation is 1. The molecule has 0 aliphatic heterocycles. The Bertz CT molecular complexity index is 891. The molecule has 1 aromatic heterocycles. The Morgan fingerprint density at radius 2 is 1.79 bits per heavy atom. The molecule has 0 unspecified atom stereocenters. The summed E-state index contributed by atoms with van der Waals surface area (Å²) < 4.78 is 12.2. The summed E-state index contributed by atoms with van der Waals surface area (Å²) in [6, 6.07) is 15.1. The number of carbonyl (C=O) groups excluding carboxylic acids is 1.